The molecule has 1 amide bonds. The lowest BCUT2D eigenvalue weighted by atomic mass is 10.2. The fourth-order valence-electron chi connectivity index (χ4n) is 1.27. The predicted octanol–water partition coefficient (Wildman–Crippen LogP) is 1.42. The van der Waals surface area contributed by atoms with Crippen molar-refractivity contribution in [3.05, 3.63) is 28.8 Å². The molecule has 1 aromatic rings. The third kappa shape index (κ3) is 4.75. The molecule has 0 radical (unpaired) electrons. The molecular formula is C11H15ClN2O2S. The number of hydrogen-bond donors (Lipinski definition) is 2. The minimum Gasteiger partial charge on any atom is -0.399 e. The second-order valence-electron chi connectivity index (χ2n) is 3.46. The SMILES string of the molecule is CCS(=O)CCNC(=O)c1cc(N)cc(Cl)c1. The monoisotopic (exact) mass is 274 g/mol. The summed E-state index contributed by atoms with van der Waals surface area (Å²) in [6, 6.07) is 4.67. The van der Waals surface area contributed by atoms with Crippen LogP contribution in [0.15, 0.2) is 18.2 Å². The zero-order valence-corrected chi connectivity index (χ0v) is 11.1. The summed E-state index contributed by atoms with van der Waals surface area (Å²) in [5.41, 5.74) is 6.44. The number of rotatable bonds is 5. The molecule has 0 bridgehead atoms. The zero-order chi connectivity index (χ0) is 12.8. The number of benzene rings is 1. The summed E-state index contributed by atoms with van der Waals surface area (Å²) >= 11 is 5.79. The number of carbonyl (C=O) groups is 1. The van der Waals surface area contributed by atoms with Crippen molar-refractivity contribution < 1.29 is 9.00 Å². The fraction of sp³-hybridized carbons (Fsp3) is 0.364. The van der Waals surface area contributed by atoms with Gasteiger partial charge in [-0.2, -0.15) is 0 Å². The van der Waals surface area contributed by atoms with E-state index in [0.29, 0.717) is 34.3 Å². The maximum absolute atomic E-state index is 11.7. The molecule has 1 aromatic carbocycles. The molecule has 3 N–H and O–H groups in total. The summed E-state index contributed by atoms with van der Waals surface area (Å²) in [5, 5.41) is 3.10. The topological polar surface area (TPSA) is 72.2 Å². The highest BCUT2D eigenvalue weighted by Crippen LogP contribution is 2.16. The van der Waals surface area contributed by atoms with E-state index in [9.17, 15) is 9.00 Å². The number of nitrogens with two attached hydrogens (primary N) is 1. The second-order valence-corrected chi connectivity index (χ2v) is 5.76. The van der Waals surface area contributed by atoms with Gasteiger partial charge in [0.1, 0.15) is 0 Å². The van der Waals surface area contributed by atoms with Crippen molar-refractivity contribution in [3.8, 4) is 0 Å². The number of amides is 1. The molecule has 1 unspecified atom stereocenters. The van der Waals surface area contributed by atoms with Crippen LogP contribution in [0.1, 0.15) is 17.3 Å². The number of hydrogen-bond acceptors (Lipinski definition) is 3. The standard InChI is InChI=1S/C11H15ClN2O2S/c1-2-17(16)4-3-14-11(15)8-5-9(12)7-10(13)6-8/h5-7H,2-4,13H2,1H3,(H,14,15). The van der Waals surface area contributed by atoms with Gasteiger partial charge in [0.15, 0.2) is 0 Å². The van der Waals surface area contributed by atoms with Gasteiger partial charge in [-0.3, -0.25) is 9.00 Å². The van der Waals surface area contributed by atoms with Gasteiger partial charge in [0, 0.05) is 45.1 Å². The lowest BCUT2D eigenvalue weighted by molar-refractivity contribution is 0.0956. The molecular weight excluding hydrogens is 260 g/mol. The van der Waals surface area contributed by atoms with Crippen LogP contribution in [0.5, 0.6) is 0 Å². The quantitative estimate of drug-likeness (QED) is 0.798. The molecule has 4 nitrogen and oxygen atoms in total. The van der Waals surface area contributed by atoms with Gasteiger partial charge in [0.2, 0.25) is 0 Å². The summed E-state index contributed by atoms with van der Waals surface area (Å²) < 4.78 is 11.2. The first-order chi connectivity index (χ1) is 8.02. The van der Waals surface area contributed by atoms with E-state index in [1.54, 1.807) is 18.2 Å². The molecule has 0 aliphatic heterocycles. The third-order valence-electron chi connectivity index (χ3n) is 2.12. The van der Waals surface area contributed by atoms with E-state index in [0.717, 1.165) is 0 Å². The maximum Gasteiger partial charge on any atom is 0.251 e. The van der Waals surface area contributed by atoms with Gasteiger partial charge >= 0.3 is 0 Å². The number of nitrogen functional groups attached to an aromatic ring is 1. The molecule has 0 heterocycles. The van der Waals surface area contributed by atoms with E-state index >= 15 is 0 Å². The Morgan fingerprint density at radius 3 is 2.76 bits per heavy atom. The van der Waals surface area contributed by atoms with Crippen LogP contribution in [0.2, 0.25) is 5.02 Å². The van der Waals surface area contributed by atoms with Gasteiger partial charge in [-0.15, -0.1) is 0 Å². The Morgan fingerprint density at radius 2 is 2.18 bits per heavy atom. The minimum atomic E-state index is -0.874. The van der Waals surface area contributed by atoms with Crippen molar-refractivity contribution in [1.29, 1.82) is 0 Å². The third-order valence-corrected chi connectivity index (χ3v) is 3.64. The van der Waals surface area contributed by atoms with Gasteiger partial charge in [-0.05, 0) is 18.2 Å². The Balaban J connectivity index is 2.55. The number of carbonyl (C=O) groups excluding carboxylic acids is 1. The Labute approximate surface area is 108 Å². The Bertz CT molecular complexity index is 417. The van der Waals surface area contributed by atoms with Crippen LogP contribution in [-0.2, 0) is 10.8 Å². The van der Waals surface area contributed by atoms with Crippen molar-refractivity contribution in [1.82, 2.24) is 5.32 Å². The average molecular weight is 275 g/mol. The van der Waals surface area contributed by atoms with Crippen LogP contribution < -0.4 is 11.1 Å². The summed E-state index contributed by atoms with van der Waals surface area (Å²) in [5.74, 6) is 0.797. The van der Waals surface area contributed by atoms with Gasteiger partial charge in [0.25, 0.3) is 5.91 Å². The van der Waals surface area contributed by atoms with E-state index < -0.39 is 10.8 Å². The van der Waals surface area contributed by atoms with Crippen LogP contribution >= 0.6 is 11.6 Å². The average Bonchev–Trinajstić information content (AvgIpc) is 2.27. The lowest BCUT2D eigenvalue weighted by Crippen LogP contribution is -2.28. The normalized spacial score (nSPS) is 12.1. The molecule has 1 rings (SSSR count). The molecule has 94 valence electrons. The smallest absolute Gasteiger partial charge is 0.251 e. The van der Waals surface area contributed by atoms with Gasteiger partial charge in [0.05, 0.1) is 0 Å². The van der Waals surface area contributed by atoms with E-state index in [1.165, 1.54) is 0 Å². The van der Waals surface area contributed by atoms with Crippen molar-refractivity contribution >= 4 is 34.0 Å². The summed E-state index contributed by atoms with van der Waals surface area (Å²) in [6.45, 7) is 2.22. The first-order valence-electron chi connectivity index (χ1n) is 5.22. The molecule has 0 saturated carbocycles. The Morgan fingerprint density at radius 1 is 1.47 bits per heavy atom. The van der Waals surface area contributed by atoms with Gasteiger partial charge in [-0.1, -0.05) is 18.5 Å². The number of anilines is 1. The highest BCUT2D eigenvalue weighted by atomic mass is 35.5. The van der Waals surface area contributed by atoms with Gasteiger partial charge in [-0.25, -0.2) is 0 Å². The van der Waals surface area contributed by atoms with E-state index in [-0.39, 0.29) is 5.91 Å². The molecule has 0 aromatic heterocycles. The minimum absolute atomic E-state index is 0.257. The molecule has 6 heteroatoms. The molecule has 0 fully saturated rings. The van der Waals surface area contributed by atoms with Crippen LogP contribution in [-0.4, -0.2) is 28.2 Å². The summed E-state index contributed by atoms with van der Waals surface area (Å²) in [4.78, 5) is 11.7. The molecule has 17 heavy (non-hydrogen) atoms. The van der Waals surface area contributed by atoms with Crippen molar-refractivity contribution in [3.63, 3.8) is 0 Å². The Hall–Kier alpha value is -1.07. The summed E-state index contributed by atoms with van der Waals surface area (Å²) in [7, 11) is -0.874. The van der Waals surface area contributed by atoms with E-state index in [1.807, 2.05) is 6.92 Å². The molecule has 0 aliphatic rings. The van der Waals surface area contributed by atoms with Gasteiger partial charge < -0.3 is 11.1 Å². The van der Waals surface area contributed by atoms with Crippen molar-refractivity contribution in [2.24, 2.45) is 0 Å². The van der Waals surface area contributed by atoms with Crippen LogP contribution in [0, 0.1) is 0 Å². The maximum atomic E-state index is 11.7. The molecule has 0 spiro atoms. The fourth-order valence-corrected chi connectivity index (χ4v) is 2.13. The lowest BCUT2D eigenvalue weighted by Gasteiger charge is -2.06. The number of nitrogens with one attached hydrogen (secondary N) is 1. The number of halogens is 1. The highest BCUT2D eigenvalue weighted by molar-refractivity contribution is 7.84. The first-order valence-corrected chi connectivity index (χ1v) is 7.08. The second kappa shape index (κ2) is 6.61. The van der Waals surface area contributed by atoms with Crippen molar-refractivity contribution in [2.75, 3.05) is 23.8 Å². The summed E-state index contributed by atoms with van der Waals surface area (Å²) in [6.07, 6.45) is 0. The predicted molar refractivity (Wildman–Crippen MR) is 71.7 cm³/mol. The van der Waals surface area contributed by atoms with Crippen LogP contribution in [0.3, 0.4) is 0 Å². The Kier molecular flexibility index (Phi) is 5.44. The molecule has 1 atom stereocenters. The van der Waals surface area contributed by atoms with E-state index in [2.05, 4.69) is 5.32 Å². The zero-order valence-electron chi connectivity index (χ0n) is 9.53. The first kappa shape index (κ1) is 14.0. The van der Waals surface area contributed by atoms with E-state index in [4.69, 9.17) is 17.3 Å². The largest absolute Gasteiger partial charge is 0.399 e. The van der Waals surface area contributed by atoms with Crippen LogP contribution in [0.4, 0.5) is 5.69 Å². The molecule has 0 aliphatic carbocycles. The highest BCUT2D eigenvalue weighted by Gasteiger charge is 2.07. The molecule has 0 saturated heterocycles. The van der Waals surface area contributed by atoms with Crippen LogP contribution in [0.25, 0.3) is 0 Å². The van der Waals surface area contributed by atoms with Crippen molar-refractivity contribution in [2.45, 2.75) is 6.92 Å².